The summed E-state index contributed by atoms with van der Waals surface area (Å²) in [6.45, 7) is 0. The molecule has 2 nitrogen and oxygen atoms in total. The first-order chi connectivity index (χ1) is 5.38. The quantitative estimate of drug-likeness (QED) is 0.711. The molecule has 0 unspecified atom stereocenters. The van der Waals surface area contributed by atoms with Gasteiger partial charge in [0.15, 0.2) is 0 Å². The summed E-state index contributed by atoms with van der Waals surface area (Å²) in [5.74, 6) is 0.239. The van der Waals surface area contributed by atoms with Crippen LogP contribution in [0.5, 0.6) is 5.75 Å². The minimum Gasteiger partial charge on any atom is -0.506 e. The second-order valence-corrected chi connectivity index (χ2v) is 2.35. The molecule has 1 aromatic carbocycles. The van der Waals surface area contributed by atoms with Gasteiger partial charge in [-0.15, -0.1) is 0 Å². The Morgan fingerprint density at radius 3 is 2.58 bits per heavy atom. The molecule has 61 valence electrons. The van der Waals surface area contributed by atoms with Crippen LogP contribution in [0.1, 0.15) is 0 Å². The minimum absolute atomic E-state index is 0. The van der Waals surface area contributed by atoms with Crippen LogP contribution in [0.3, 0.4) is 0 Å². The molecule has 0 aliphatic heterocycles. The zero-order chi connectivity index (χ0) is 7.68. The summed E-state index contributed by atoms with van der Waals surface area (Å²) in [5, 5.41) is 10.3. The molecule has 12 heavy (non-hydrogen) atoms. The van der Waals surface area contributed by atoms with Gasteiger partial charge in [0, 0.05) is 11.6 Å². The van der Waals surface area contributed by atoms with Crippen LogP contribution in [0.25, 0.3) is 10.9 Å². The minimum atomic E-state index is 0. The summed E-state index contributed by atoms with van der Waals surface area (Å²) >= 11 is 0. The molecule has 0 amide bonds. The Balaban J connectivity index is 0.000000720. The number of phenolic OH excluding ortho intramolecular Hbond substituents is 1. The number of hydrogen-bond acceptors (Lipinski definition) is 2. The standard InChI is InChI=1S/C9H7NO.Co/c11-8-5-1-3-7-4-2-6-10-9(7)8;/h1-6,11H;/q;+2. The number of pyridine rings is 1. The number of rotatable bonds is 0. The van der Waals surface area contributed by atoms with Crippen molar-refractivity contribution >= 4 is 10.9 Å². The van der Waals surface area contributed by atoms with E-state index in [0.717, 1.165) is 5.39 Å². The third-order valence-electron chi connectivity index (χ3n) is 1.61. The summed E-state index contributed by atoms with van der Waals surface area (Å²) < 4.78 is 0. The molecular formula is C9H7CoNO+2. The van der Waals surface area contributed by atoms with Crippen molar-refractivity contribution in [3.05, 3.63) is 36.5 Å². The first kappa shape index (κ1) is 9.03. The van der Waals surface area contributed by atoms with Crippen LogP contribution in [0, 0.1) is 0 Å². The van der Waals surface area contributed by atoms with E-state index in [-0.39, 0.29) is 22.5 Å². The number of para-hydroxylation sites is 1. The SMILES string of the molecule is Oc1cccc2cccnc12.[Co+2]. The molecule has 2 aromatic rings. The maximum atomic E-state index is 9.31. The van der Waals surface area contributed by atoms with Gasteiger partial charge in [-0.3, -0.25) is 4.98 Å². The van der Waals surface area contributed by atoms with Gasteiger partial charge in [0.2, 0.25) is 0 Å². The van der Waals surface area contributed by atoms with Crippen molar-refractivity contribution in [2.45, 2.75) is 0 Å². The Hall–Kier alpha value is -1.06. The molecule has 0 fully saturated rings. The van der Waals surface area contributed by atoms with Gasteiger partial charge < -0.3 is 5.11 Å². The van der Waals surface area contributed by atoms with Crippen LogP contribution >= 0.6 is 0 Å². The van der Waals surface area contributed by atoms with Crippen molar-refractivity contribution in [3.63, 3.8) is 0 Å². The number of fused-ring (bicyclic) bond motifs is 1. The number of aromatic hydroxyl groups is 1. The first-order valence-corrected chi connectivity index (χ1v) is 3.40. The van der Waals surface area contributed by atoms with E-state index in [1.54, 1.807) is 18.3 Å². The summed E-state index contributed by atoms with van der Waals surface area (Å²) in [6, 6.07) is 9.13. The zero-order valence-electron chi connectivity index (χ0n) is 6.19. The molecule has 2 rings (SSSR count). The zero-order valence-corrected chi connectivity index (χ0v) is 7.23. The van der Waals surface area contributed by atoms with Crippen molar-refractivity contribution in [2.75, 3.05) is 0 Å². The van der Waals surface area contributed by atoms with Gasteiger partial charge in [-0.1, -0.05) is 18.2 Å². The molecule has 0 aliphatic rings. The summed E-state index contributed by atoms with van der Waals surface area (Å²) in [4.78, 5) is 4.03. The maximum Gasteiger partial charge on any atom is 2.00 e. The third kappa shape index (κ3) is 1.42. The Morgan fingerprint density at radius 2 is 1.83 bits per heavy atom. The van der Waals surface area contributed by atoms with Crippen molar-refractivity contribution in [2.24, 2.45) is 0 Å². The molecule has 0 saturated carbocycles. The molecule has 0 bridgehead atoms. The van der Waals surface area contributed by atoms with E-state index in [2.05, 4.69) is 4.98 Å². The number of nitrogens with zero attached hydrogens (tertiary/aromatic N) is 1. The molecule has 3 heteroatoms. The summed E-state index contributed by atoms with van der Waals surface area (Å²) in [5.41, 5.74) is 0.662. The Kier molecular flexibility index (Phi) is 2.68. The van der Waals surface area contributed by atoms with Crippen molar-refractivity contribution in [3.8, 4) is 5.75 Å². The predicted octanol–water partition coefficient (Wildman–Crippen LogP) is 1.94. The molecule has 0 saturated heterocycles. The predicted molar refractivity (Wildman–Crippen MR) is 43.4 cm³/mol. The molecule has 0 atom stereocenters. The number of hydrogen-bond donors (Lipinski definition) is 1. The fraction of sp³-hybridized carbons (Fsp3) is 0. The van der Waals surface area contributed by atoms with E-state index in [0.29, 0.717) is 5.52 Å². The molecule has 1 N–H and O–H groups in total. The molecule has 1 heterocycles. The van der Waals surface area contributed by atoms with Gasteiger partial charge in [0.05, 0.1) is 0 Å². The topological polar surface area (TPSA) is 33.1 Å². The Morgan fingerprint density at radius 1 is 1.08 bits per heavy atom. The molecule has 0 spiro atoms. The fourth-order valence-corrected chi connectivity index (χ4v) is 1.09. The van der Waals surface area contributed by atoms with Crippen molar-refractivity contribution < 1.29 is 21.9 Å². The van der Waals surface area contributed by atoms with E-state index in [1.165, 1.54) is 0 Å². The average Bonchev–Trinajstić information content (AvgIpc) is 2.06. The van der Waals surface area contributed by atoms with E-state index >= 15 is 0 Å². The van der Waals surface area contributed by atoms with Crippen LogP contribution in [-0.2, 0) is 16.8 Å². The van der Waals surface area contributed by atoms with Crippen molar-refractivity contribution in [1.82, 2.24) is 4.98 Å². The molecule has 0 aliphatic carbocycles. The Bertz CT molecular complexity index is 384. The van der Waals surface area contributed by atoms with Crippen molar-refractivity contribution in [1.29, 1.82) is 0 Å². The van der Waals surface area contributed by atoms with E-state index in [1.807, 2.05) is 18.2 Å². The largest absolute Gasteiger partial charge is 2.00 e. The number of aromatic nitrogens is 1. The van der Waals surface area contributed by atoms with Gasteiger partial charge in [0.25, 0.3) is 0 Å². The number of phenols is 1. The number of benzene rings is 1. The van der Waals surface area contributed by atoms with Gasteiger partial charge >= 0.3 is 16.8 Å². The summed E-state index contributed by atoms with van der Waals surface area (Å²) in [6.07, 6.45) is 1.67. The van der Waals surface area contributed by atoms with E-state index in [9.17, 15) is 5.11 Å². The molecular weight excluding hydrogens is 197 g/mol. The summed E-state index contributed by atoms with van der Waals surface area (Å²) in [7, 11) is 0. The third-order valence-corrected chi connectivity index (χ3v) is 1.61. The first-order valence-electron chi connectivity index (χ1n) is 3.40. The maximum absolute atomic E-state index is 9.31. The smallest absolute Gasteiger partial charge is 0.506 e. The van der Waals surface area contributed by atoms with Crippen LogP contribution < -0.4 is 0 Å². The monoisotopic (exact) mass is 204 g/mol. The average molecular weight is 204 g/mol. The normalized spacial score (nSPS) is 9.33. The second-order valence-electron chi connectivity index (χ2n) is 2.35. The second kappa shape index (κ2) is 3.56. The van der Waals surface area contributed by atoms with Gasteiger partial charge in [-0.05, 0) is 12.1 Å². The van der Waals surface area contributed by atoms with Crippen LogP contribution in [0.2, 0.25) is 0 Å². The van der Waals surface area contributed by atoms with Gasteiger partial charge in [-0.25, -0.2) is 0 Å². The van der Waals surface area contributed by atoms with E-state index < -0.39 is 0 Å². The van der Waals surface area contributed by atoms with Crippen LogP contribution in [-0.4, -0.2) is 10.1 Å². The molecule has 1 radical (unpaired) electrons. The Labute approximate surface area is 80.4 Å². The van der Waals surface area contributed by atoms with Gasteiger partial charge in [-0.2, -0.15) is 0 Å². The fourth-order valence-electron chi connectivity index (χ4n) is 1.09. The van der Waals surface area contributed by atoms with E-state index in [4.69, 9.17) is 0 Å². The van der Waals surface area contributed by atoms with Crippen LogP contribution in [0.4, 0.5) is 0 Å². The van der Waals surface area contributed by atoms with Crippen LogP contribution in [0.15, 0.2) is 36.5 Å². The molecule has 1 aromatic heterocycles. The van der Waals surface area contributed by atoms with Gasteiger partial charge in [0.1, 0.15) is 11.3 Å².